The highest BCUT2D eigenvalue weighted by Gasteiger charge is 2.09. The number of aryl methyl sites for hydroxylation is 1. The van der Waals surface area contributed by atoms with Crippen molar-refractivity contribution in [2.75, 3.05) is 5.32 Å². The molecule has 0 atom stereocenters. The van der Waals surface area contributed by atoms with E-state index in [4.69, 9.17) is 4.74 Å². The number of amides is 1. The zero-order chi connectivity index (χ0) is 17.6. The monoisotopic (exact) mass is 332 g/mol. The SMILES string of the molecule is Cc1cccc(NC(=O)c2ccc(OCc3cccnc3)cc2)c1C. The van der Waals surface area contributed by atoms with Gasteiger partial charge >= 0.3 is 0 Å². The van der Waals surface area contributed by atoms with Crippen LogP contribution < -0.4 is 10.1 Å². The molecule has 25 heavy (non-hydrogen) atoms. The lowest BCUT2D eigenvalue weighted by Crippen LogP contribution is -2.13. The van der Waals surface area contributed by atoms with Crippen LogP contribution in [0.2, 0.25) is 0 Å². The number of ether oxygens (including phenoxy) is 1. The predicted molar refractivity (Wildman–Crippen MR) is 98.9 cm³/mol. The van der Waals surface area contributed by atoms with E-state index in [-0.39, 0.29) is 5.91 Å². The van der Waals surface area contributed by atoms with Crippen molar-refractivity contribution >= 4 is 11.6 Å². The average Bonchev–Trinajstić information content (AvgIpc) is 2.65. The van der Waals surface area contributed by atoms with Gasteiger partial charge in [-0.15, -0.1) is 0 Å². The highest BCUT2D eigenvalue weighted by molar-refractivity contribution is 6.04. The molecule has 0 aliphatic heterocycles. The van der Waals surface area contributed by atoms with E-state index < -0.39 is 0 Å². The van der Waals surface area contributed by atoms with Crippen LogP contribution in [0.4, 0.5) is 5.69 Å². The number of rotatable bonds is 5. The molecule has 0 aliphatic carbocycles. The van der Waals surface area contributed by atoms with Crippen LogP contribution in [0.3, 0.4) is 0 Å². The molecule has 0 saturated carbocycles. The zero-order valence-corrected chi connectivity index (χ0v) is 14.3. The van der Waals surface area contributed by atoms with E-state index in [1.807, 2.05) is 44.2 Å². The first-order valence-corrected chi connectivity index (χ1v) is 8.13. The predicted octanol–water partition coefficient (Wildman–Crippen LogP) is 4.53. The maximum atomic E-state index is 12.4. The largest absolute Gasteiger partial charge is 0.489 e. The summed E-state index contributed by atoms with van der Waals surface area (Å²) in [5.74, 6) is 0.583. The van der Waals surface area contributed by atoms with Crippen molar-refractivity contribution in [3.05, 3.63) is 89.2 Å². The molecule has 3 rings (SSSR count). The van der Waals surface area contributed by atoms with Crippen molar-refractivity contribution in [1.82, 2.24) is 4.98 Å². The van der Waals surface area contributed by atoms with E-state index in [0.29, 0.717) is 17.9 Å². The lowest BCUT2D eigenvalue weighted by atomic mass is 10.1. The van der Waals surface area contributed by atoms with Gasteiger partial charge in [0.05, 0.1) is 0 Å². The Balaban J connectivity index is 1.63. The van der Waals surface area contributed by atoms with Gasteiger partial charge in [0.1, 0.15) is 12.4 Å². The van der Waals surface area contributed by atoms with Crippen LogP contribution in [0, 0.1) is 13.8 Å². The van der Waals surface area contributed by atoms with E-state index in [1.165, 1.54) is 0 Å². The average molecular weight is 332 g/mol. The van der Waals surface area contributed by atoms with Gasteiger partial charge in [0.15, 0.2) is 0 Å². The van der Waals surface area contributed by atoms with Gasteiger partial charge in [0.25, 0.3) is 5.91 Å². The standard InChI is InChI=1S/C21H20N2O2/c1-15-5-3-7-20(16(15)2)23-21(24)18-8-10-19(11-9-18)25-14-17-6-4-12-22-13-17/h3-13H,14H2,1-2H3,(H,23,24). The molecule has 4 nitrogen and oxygen atoms in total. The second kappa shape index (κ2) is 7.62. The Labute approximate surface area is 147 Å². The molecule has 1 aromatic heterocycles. The lowest BCUT2D eigenvalue weighted by Gasteiger charge is -2.11. The normalized spacial score (nSPS) is 10.3. The molecule has 3 aromatic rings. The van der Waals surface area contributed by atoms with Crippen molar-refractivity contribution in [3.63, 3.8) is 0 Å². The first-order chi connectivity index (χ1) is 12.1. The molecule has 0 spiro atoms. The molecule has 2 aromatic carbocycles. The Morgan fingerprint density at radius 1 is 1.04 bits per heavy atom. The summed E-state index contributed by atoms with van der Waals surface area (Å²) in [6.45, 7) is 4.47. The molecule has 0 fully saturated rings. The number of benzene rings is 2. The number of carbonyl (C=O) groups is 1. The zero-order valence-electron chi connectivity index (χ0n) is 14.3. The molecule has 126 valence electrons. The molecule has 0 unspecified atom stereocenters. The van der Waals surface area contributed by atoms with Crippen LogP contribution in [-0.4, -0.2) is 10.9 Å². The van der Waals surface area contributed by atoms with Crippen LogP contribution in [0.5, 0.6) is 5.75 Å². The number of anilines is 1. The van der Waals surface area contributed by atoms with E-state index >= 15 is 0 Å². The number of pyridine rings is 1. The number of hydrogen-bond donors (Lipinski definition) is 1. The summed E-state index contributed by atoms with van der Waals surface area (Å²) in [4.78, 5) is 16.5. The fourth-order valence-electron chi connectivity index (χ4n) is 2.43. The molecular formula is C21H20N2O2. The molecule has 1 N–H and O–H groups in total. The number of aromatic nitrogens is 1. The molecular weight excluding hydrogens is 312 g/mol. The summed E-state index contributed by atoms with van der Waals surface area (Å²) in [5, 5.41) is 2.96. The van der Waals surface area contributed by atoms with Gasteiger partial charge in [-0.1, -0.05) is 18.2 Å². The van der Waals surface area contributed by atoms with Crippen molar-refractivity contribution in [3.8, 4) is 5.75 Å². The van der Waals surface area contributed by atoms with Gasteiger partial charge in [-0.25, -0.2) is 0 Å². The topological polar surface area (TPSA) is 51.2 Å². The van der Waals surface area contributed by atoms with Crippen LogP contribution >= 0.6 is 0 Å². The molecule has 1 amide bonds. The molecule has 0 bridgehead atoms. The van der Waals surface area contributed by atoms with Crippen LogP contribution in [0.1, 0.15) is 27.0 Å². The van der Waals surface area contributed by atoms with E-state index in [0.717, 1.165) is 22.4 Å². The first kappa shape index (κ1) is 16.7. The van der Waals surface area contributed by atoms with Gasteiger partial charge in [-0.2, -0.15) is 0 Å². The maximum absolute atomic E-state index is 12.4. The summed E-state index contributed by atoms with van der Waals surface area (Å²) >= 11 is 0. The molecule has 0 saturated heterocycles. The summed E-state index contributed by atoms with van der Waals surface area (Å²) in [5.41, 5.74) is 4.65. The minimum Gasteiger partial charge on any atom is -0.489 e. The molecule has 0 radical (unpaired) electrons. The van der Waals surface area contributed by atoms with Crippen LogP contribution in [0.15, 0.2) is 67.0 Å². The Bertz CT molecular complexity index is 859. The van der Waals surface area contributed by atoms with Crippen LogP contribution in [-0.2, 0) is 6.61 Å². The highest BCUT2D eigenvalue weighted by atomic mass is 16.5. The van der Waals surface area contributed by atoms with Gasteiger partial charge in [0.2, 0.25) is 0 Å². The highest BCUT2D eigenvalue weighted by Crippen LogP contribution is 2.20. The van der Waals surface area contributed by atoms with Gasteiger partial charge in [-0.05, 0) is 61.4 Å². The van der Waals surface area contributed by atoms with Crippen molar-refractivity contribution in [2.24, 2.45) is 0 Å². The van der Waals surface area contributed by atoms with Crippen LogP contribution in [0.25, 0.3) is 0 Å². The second-order valence-corrected chi connectivity index (χ2v) is 5.88. The van der Waals surface area contributed by atoms with E-state index in [1.54, 1.807) is 36.7 Å². The Morgan fingerprint density at radius 2 is 1.84 bits per heavy atom. The quantitative estimate of drug-likeness (QED) is 0.747. The van der Waals surface area contributed by atoms with Crippen molar-refractivity contribution < 1.29 is 9.53 Å². The van der Waals surface area contributed by atoms with Crippen molar-refractivity contribution in [2.45, 2.75) is 20.5 Å². The maximum Gasteiger partial charge on any atom is 0.255 e. The number of nitrogens with one attached hydrogen (secondary N) is 1. The van der Waals surface area contributed by atoms with E-state index in [9.17, 15) is 4.79 Å². The fourth-order valence-corrected chi connectivity index (χ4v) is 2.43. The third-order valence-corrected chi connectivity index (χ3v) is 4.10. The number of carbonyl (C=O) groups excluding carboxylic acids is 1. The smallest absolute Gasteiger partial charge is 0.255 e. The minimum atomic E-state index is -0.132. The molecule has 4 heteroatoms. The summed E-state index contributed by atoms with van der Waals surface area (Å²) in [6, 6.07) is 16.8. The lowest BCUT2D eigenvalue weighted by molar-refractivity contribution is 0.102. The number of nitrogens with zero attached hydrogens (tertiary/aromatic N) is 1. The number of hydrogen-bond acceptors (Lipinski definition) is 3. The molecule has 0 aliphatic rings. The third-order valence-electron chi connectivity index (χ3n) is 4.10. The van der Waals surface area contributed by atoms with Gasteiger partial charge in [-0.3, -0.25) is 9.78 Å². The third kappa shape index (κ3) is 4.23. The minimum absolute atomic E-state index is 0.132. The summed E-state index contributed by atoms with van der Waals surface area (Å²) in [7, 11) is 0. The van der Waals surface area contributed by atoms with Gasteiger partial charge < -0.3 is 10.1 Å². The van der Waals surface area contributed by atoms with Crippen molar-refractivity contribution in [1.29, 1.82) is 0 Å². The first-order valence-electron chi connectivity index (χ1n) is 8.13. The van der Waals surface area contributed by atoms with Gasteiger partial charge in [0, 0.05) is 29.2 Å². The Kier molecular flexibility index (Phi) is 5.09. The summed E-state index contributed by atoms with van der Waals surface area (Å²) in [6.07, 6.45) is 3.50. The molecule has 1 heterocycles. The van der Waals surface area contributed by atoms with E-state index in [2.05, 4.69) is 10.3 Å². The second-order valence-electron chi connectivity index (χ2n) is 5.88. The summed E-state index contributed by atoms with van der Waals surface area (Å²) < 4.78 is 5.71. The Morgan fingerprint density at radius 3 is 2.56 bits per heavy atom. The fraction of sp³-hybridized carbons (Fsp3) is 0.143. The Hall–Kier alpha value is -3.14.